The van der Waals surface area contributed by atoms with Gasteiger partial charge in [0.15, 0.2) is 0 Å². The van der Waals surface area contributed by atoms with Gasteiger partial charge < -0.3 is 20.7 Å². The van der Waals surface area contributed by atoms with Gasteiger partial charge in [-0.05, 0) is 30.0 Å². The van der Waals surface area contributed by atoms with E-state index in [4.69, 9.17) is 4.74 Å². The Morgan fingerprint density at radius 1 is 1.32 bits per heavy atom. The zero-order valence-electron chi connectivity index (χ0n) is 15.0. The summed E-state index contributed by atoms with van der Waals surface area (Å²) < 4.78 is 4.80. The van der Waals surface area contributed by atoms with Crippen molar-refractivity contribution in [1.82, 2.24) is 16.0 Å². The van der Waals surface area contributed by atoms with Crippen molar-refractivity contribution in [3.05, 3.63) is 35.4 Å². The maximum Gasteiger partial charge on any atom is 0.246 e. The molecule has 0 aromatic heterocycles. The van der Waals surface area contributed by atoms with Crippen LogP contribution in [0.5, 0.6) is 0 Å². The highest BCUT2D eigenvalue weighted by molar-refractivity contribution is 5.88. The first-order chi connectivity index (χ1) is 11.5. The number of methoxy groups -OCH3 is 1. The smallest absolute Gasteiger partial charge is 0.246 e. The number of nitrogens with one attached hydrogen (secondary N) is 3. The second-order valence-electron chi connectivity index (χ2n) is 6.42. The van der Waals surface area contributed by atoms with Crippen LogP contribution in [0.15, 0.2) is 24.3 Å². The van der Waals surface area contributed by atoms with Gasteiger partial charge in [-0.2, -0.15) is 0 Å². The molecule has 25 heavy (non-hydrogen) atoms. The van der Waals surface area contributed by atoms with E-state index in [1.807, 2.05) is 26.0 Å². The molecule has 1 unspecified atom stereocenters. The number of carbonyl (C=O) groups is 2. The summed E-state index contributed by atoms with van der Waals surface area (Å²) in [5.41, 5.74) is 2.55. The summed E-state index contributed by atoms with van der Waals surface area (Å²) in [6.07, 6.45) is 1.00. The topological polar surface area (TPSA) is 79.5 Å². The highest BCUT2D eigenvalue weighted by Gasteiger charge is 2.26. The molecular formula is C18H28ClN3O3. The summed E-state index contributed by atoms with van der Waals surface area (Å²) in [7, 11) is 1.45. The van der Waals surface area contributed by atoms with E-state index in [9.17, 15) is 9.59 Å². The van der Waals surface area contributed by atoms with Crippen LogP contribution in [0.3, 0.4) is 0 Å². The molecular weight excluding hydrogens is 342 g/mol. The lowest BCUT2D eigenvalue weighted by molar-refractivity contribution is -0.132. The van der Waals surface area contributed by atoms with E-state index in [0.717, 1.165) is 13.0 Å². The van der Waals surface area contributed by atoms with Gasteiger partial charge >= 0.3 is 0 Å². The van der Waals surface area contributed by atoms with Crippen LogP contribution in [0.1, 0.15) is 31.0 Å². The highest BCUT2D eigenvalue weighted by atomic mass is 35.5. The molecule has 2 atom stereocenters. The van der Waals surface area contributed by atoms with Gasteiger partial charge in [-0.25, -0.2) is 0 Å². The number of halogens is 1. The molecule has 1 aliphatic rings. The maximum atomic E-state index is 12.5. The molecule has 6 nitrogen and oxygen atoms in total. The van der Waals surface area contributed by atoms with Crippen molar-refractivity contribution >= 4 is 24.2 Å². The highest BCUT2D eigenvalue weighted by Crippen LogP contribution is 2.21. The summed E-state index contributed by atoms with van der Waals surface area (Å²) in [4.78, 5) is 24.2. The Labute approximate surface area is 155 Å². The summed E-state index contributed by atoms with van der Waals surface area (Å²) in [6.45, 7) is 5.17. The third-order valence-corrected chi connectivity index (χ3v) is 4.24. The number of amides is 2. The Bertz CT molecular complexity index is 580. The molecule has 0 spiro atoms. The second-order valence-corrected chi connectivity index (χ2v) is 6.42. The number of fused-ring (bicyclic) bond motifs is 1. The van der Waals surface area contributed by atoms with Crippen molar-refractivity contribution in [2.45, 2.75) is 32.4 Å². The van der Waals surface area contributed by atoms with Gasteiger partial charge in [0.25, 0.3) is 0 Å². The minimum absolute atomic E-state index is 0. The Morgan fingerprint density at radius 2 is 2.04 bits per heavy atom. The largest absolute Gasteiger partial charge is 0.375 e. The molecule has 0 saturated carbocycles. The van der Waals surface area contributed by atoms with Gasteiger partial charge in [0.05, 0.1) is 0 Å². The van der Waals surface area contributed by atoms with E-state index in [1.54, 1.807) is 0 Å². The van der Waals surface area contributed by atoms with E-state index in [2.05, 4.69) is 28.1 Å². The van der Waals surface area contributed by atoms with Crippen LogP contribution in [-0.4, -0.2) is 44.7 Å². The van der Waals surface area contributed by atoms with Gasteiger partial charge in [-0.3, -0.25) is 9.59 Å². The van der Waals surface area contributed by atoms with Gasteiger partial charge in [-0.1, -0.05) is 38.1 Å². The number of hydrogen-bond acceptors (Lipinski definition) is 4. The van der Waals surface area contributed by atoms with E-state index in [-0.39, 0.29) is 42.8 Å². The molecule has 0 aliphatic carbocycles. The lowest BCUT2D eigenvalue weighted by atomic mass is 9.94. The van der Waals surface area contributed by atoms with Gasteiger partial charge in [-0.15, -0.1) is 12.4 Å². The van der Waals surface area contributed by atoms with Crippen molar-refractivity contribution in [2.75, 3.05) is 26.8 Å². The average molecular weight is 370 g/mol. The maximum absolute atomic E-state index is 12.5. The van der Waals surface area contributed by atoms with Crippen molar-refractivity contribution in [1.29, 1.82) is 0 Å². The Hall–Kier alpha value is -1.63. The quantitative estimate of drug-likeness (QED) is 0.674. The van der Waals surface area contributed by atoms with Crippen molar-refractivity contribution in [3.63, 3.8) is 0 Å². The van der Waals surface area contributed by atoms with E-state index >= 15 is 0 Å². The van der Waals surface area contributed by atoms with Crippen LogP contribution in [-0.2, 0) is 20.7 Å². The first kappa shape index (κ1) is 21.4. The van der Waals surface area contributed by atoms with Crippen LogP contribution in [0.25, 0.3) is 0 Å². The third-order valence-electron chi connectivity index (χ3n) is 4.24. The van der Waals surface area contributed by atoms with Gasteiger partial charge in [0.1, 0.15) is 12.6 Å². The normalized spacial score (nSPS) is 17.2. The van der Waals surface area contributed by atoms with Crippen molar-refractivity contribution in [3.8, 4) is 0 Å². The van der Waals surface area contributed by atoms with Crippen LogP contribution in [0.2, 0.25) is 0 Å². The number of benzene rings is 1. The minimum atomic E-state index is -0.563. The Balaban J connectivity index is 0.00000312. The van der Waals surface area contributed by atoms with Crippen LogP contribution < -0.4 is 16.0 Å². The number of hydrogen-bond donors (Lipinski definition) is 3. The van der Waals surface area contributed by atoms with Crippen molar-refractivity contribution < 1.29 is 14.3 Å². The third kappa shape index (κ3) is 5.99. The molecule has 1 heterocycles. The van der Waals surface area contributed by atoms with E-state index < -0.39 is 6.04 Å². The fraction of sp³-hybridized carbons (Fsp3) is 0.556. The molecule has 1 aromatic carbocycles. The van der Waals surface area contributed by atoms with E-state index in [1.165, 1.54) is 18.2 Å². The fourth-order valence-electron chi connectivity index (χ4n) is 2.97. The molecule has 7 heteroatoms. The average Bonchev–Trinajstić information content (AvgIpc) is 2.57. The van der Waals surface area contributed by atoms with Gasteiger partial charge in [0.2, 0.25) is 11.8 Å². The number of rotatable bonds is 7. The molecule has 0 radical (unpaired) electrons. The van der Waals surface area contributed by atoms with E-state index in [0.29, 0.717) is 6.54 Å². The van der Waals surface area contributed by atoms with Crippen LogP contribution in [0.4, 0.5) is 0 Å². The molecule has 0 saturated heterocycles. The van der Waals surface area contributed by atoms with Crippen molar-refractivity contribution in [2.24, 2.45) is 5.92 Å². The summed E-state index contributed by atoms with van der Waals surface area (Å²) >= 11 is 0. The molecule has 0 bridgehead atoms. The SMILES string of the molecule is COCC(=O)N[C@H](C(=O)NCC1NCCc2ccccc21)C(C)C.Cl. The van der Waals surface area contributed by atoms with Gasteiger partial charge in [0, 0.05) is 19.7 Å². The molecule has 2 amide bonds. The lowest BCUT2D eigenvalue weighted by Crippen LogP contribution is -2.52. The zero-order valence-corrected chi connectivity index (χ0v) is 15.8. The molecule has 2 rings (SSSR count). The number of carbonyl (C=O) groups excluding carboxylic acids is 2. The zero-order chi connectivity index (χ0) is 17.5. The fourth-order valence-corrected chi connectivity index (χ4v) is 2.97. The predicted octanol–water partition coefficient (Wildman–Crippen LogP) is 1.20. The molecule has 0 fully saturated rings. The first-order valence-corrected chi connectivity index (χ1v) is 8.40. The lowest BCUT2D eigenvalue weighted by Gasteiger charge is -2.28. The standard InChI is InChI=1S/C18H27N3O3.ClH/c1-12(2)17(21-16(22)11-24-3)18(23)20-10-15-14-7-5-4-6-13(14)8-9-19-15;/h4-7,12,15,17,19H,8-11H2,1-3H3,(H,20,23)(H,21,22);1H/t15?,17-;/m0./s1. The summed E-state index contributed by atoms with van der Waals surface area (Å²) in [5.74, 6) is -0.454. The molecule has 140 valence electrons. The van der Waals surface area contributed by atoms with Crippen LogP contribution in [0, 0.1) is 5.92 Å². The summed E-state index contributed by atoms with van der Waals surface area (Å²) in [5, 5.41) is 9.13. The molecule has 3 N–H and O–H groups in total. The molecule has 1 aromatic rings. The predicted molar refractivity (Wildman–Crippen MR) is 99.8 cm³/mol. The Morgan fingerprint density at radius 3 is 2.72 bits per heavy atom. The Kier molecular flexibility index (Phi) is 8.89. The number of ether oxygens (including phenoxy) is 1. The molecule has 1 aliphatic heterocycles. The monoisotopic (exact) mass is 369 g/mol. The second kappa shape index (κ2) is 10.4. The van der Waals surface area contributed by atoms with Crippen LogP contribution >= 0.6 is 12.4 Å². The minimum Gasteiger partial charge on any atom is -0.375 e. The summed E-state index contributed by atoms with van der Waals surface area (Å²) in [6, 6.07) is 7.82. The first-order valence-electron chi connectivity index (χ1n) is 8.40.